The van der Waals surface area contributed by atoms with E-state index in [4.69, 9.17) is 5.11 Å². The Morgan fingerprint density at radius 1 is 0.944 bits per heavy atom. The molecule has 1 atom stereocenters. The van der Waals surface area contributed by atoms with Gasteiger partial charge in [-0.25, -0.2) is 0 Å². The zero-order chi connectivity index (χ0) is 26.9. The molecule has 0 saturated heterocycles. The van der Waals surface area contributed by atoms with E-state index in [2.05, 4.69) is 26.2 Å². The molecule has 12 nitrogen and oxygen atoms in total. The van der Waals surface area contributed by atoms with Gasteiger partial charge in [-0.05, 0) is 29.8 Å². The lowest BCUT2D eigenvalue weighted by atomic mass is 10.0. The van der Waals surface area contributed by atoms with Crippen molar-refractivity contribution in [3.63, 3.8) is 0 Å². The molecule has 36 heavy (non-hydrogen) atoms. The molecule has 0 aliphatic heterocycles. The van der Waals surface area contributed by atoms with Gasteiger partial charge in [0.25, 0.3) is 0 Å². The Hall–Kier alpha value is -4.32. The Morgan fingerprint density at radius 2 is 1.61 bits per heavy atom. The van der Waals surface area contributed by atoms with Crippen molar-refractivity contribution in [2.24, 2.45) is 10.2 Å². The van der Waals surface area contributed by atoms with Crippen molar-refractivity contribution < 1.29 is 29.4 Å². The van der Waals surface area contributed by atoms with Crippen LogP contribution in [0.1, 0.15) is 12.5 Å². The number of amides is 3. The molecular weight excluding hydrogens is 468 g/mol. The van der Waals surface area contributed by atoms with Crippen molar-refractivity contribution in [2.45, 2.75) is 19.4 Å². The van der Waals surface area contributed by atoms with E-state index in [1.54, 1.807) is 12.1 Å². The van der Waals surface area contributed by atoms with Gasteiger partial charge in [0.15, 0.2) is 0 Å². The summed E-state index contributed by atoms with van der Waals surface area (Å²) in [5, 5.41) is 34.1. The number of benzene rings is 2. The predicted octanol–water partition coefficient (Wildman–Crippen LogP) is 1.37. The third-order valence-electron chi connectivity index (χ3n) is 4.93. The monoisotopic (exact) mass is 499 g/mol. The van der Waals surface area contributed by atoms with Crippen LogP contribution in [0, 0.1) is 0 Å². The second-order valence-electron chi connectivity index (χ2n) is 8.90. The fraction of sp³-hybridized carbons (Fsp3) is 0.333. The minimum atomic E-state index is -1.22. The third kappa shape index (κ3) is 9.14. The molecule has 2 aromatic carbocycles. The smallest absolute Gasteiger partial charge is 0.322 e. The van der Waals surface area contributed by atoms with E-state index in [0.29, 0.717) is 15.7 Å². The van der Waals surface area contributed by atoms with Crippen LogP contribution in [0.3, 0.4) is 0 Å². The topological polar surface area (TPSA) is 170 Å². The summed E-state index contributed by atoms with van der Waals surface area (Å²) in [6.45, 7) is 0.221. The van der Waals surface area contributed by atoms with Gasteiger partial charge in [-0.1, -0.05) is 6.07 Å². The number of rotatable bonds is 11. The third-order valence-corrected chi connectivity index (χ3v) is 4.93. The number of quaternary nitrogens is 1. The van der Waals surface area contributed by atoms with Crippen LogP contribution in [-0.4, -0.2) is 74.2 Å². The van der Waals surface area contributed by atoms with E-state index in [9.17, 15) is 24.3 Å². The number of phenols is 1. The summed E-state index contributed by atoms with van der Waals surface area (Å²) in [6, 6.07) is 11.0. The second-order valence-corrected chi connectivity index (χ2v) is 8.90. The van der Waals surface area contributed by atoms with Crippen LogP contribution < -0.4 is 20.4 Å². The highest BCUT2D eigenvalue weighted by Gasteiger charge is 2.21. The maximum atomic E-state index is 12.6. The molecule has 0 radical (unpaired) electrons. The molecule has 5 N–H and O–H groups in total. The number of phenolic OH excluding ortho intramolecular Hbond substituents is 1. The number of aliphatic carboxylic acids is 1. The maximum absolute atomic E-state index is 12.6. The maximum Gasteiger partial charge on any atom is 0.322 e. The zero-order valence-corrected chi connectivity index (χ0v) is 20.6. The van der Waals surface area contributed by atoms with Crippen LogP contribution in [0.4, 0.5) is 17.1 Å². The number of nitrogens with zero attached hydrogens (tertiary/aromatic N) is 3. The molecule has 0 aliphatic carbocycles. The average Bonchev–Trinajstić information content (AvgIpc) is 2.80. The SMILES string of the molecule is CC(=O)N[C@@H](Cc1ccc(O)c(N=Nc2ccc([N+](C)(C)C)cc2)c1)C(=O)NCC(=O)NCC(=O)O. The summed E-state index contributed by atoms with van der Waals surface area (Å²) < 4.78 is 0.649. The van der Waals surface area contributed by atoms with Gasteiger partial charge in [-0.15, -0.1) is 5.11 Å². The van der Waals surface area contributed by atoms with E-state index in [1.807, 2.05) is 45.4 Å². The molecule has 12 heteroatoms. The second kappa shape index (κ2) is 12.4. The number of nitrogens with one attached hydrogen (secondary N) is 3. The Labute approximate surface area is 208 Å². The lowest BCUT2D eigenvalue weighted by molar-refractivity contribution is -0.138. The van der Waals surface area contributed by atoms with Crippen LogP contribution >= 0.6 is 0 Å². The van der Waals surface area contributed by atoms with Crippen LogP contribution in [0.2, 0.25) is 0 Å². The van der Waals surface area contributed by atoms with Crippen LogP contribution in [-0.2, 0) is 25.6 Å². The van der Waals surface area contributed by atoms with Gasteiger partial charge in [0.1, 0.15) is 29.7 Å². The number of hydrogen-bond acceptors (Lipinski definition) is 7. The van der Waals surface area contributed by atoms with Crippen molar-refractivity contribution in [3.8, 4) is 5.75 Å². The number of hydrogen-bond donors (Lipinski definition) is 5. The first-order chi connectivity index (χ1) is 16.8. The minimum absolute atomic E-state index is 0.0448. The van der Waals surface area contributed by atoms with Crippen molar-refractivity contribution >= 4 is 40.8 Å². The molecule has 0 heterocycles. The molecule has 0 fully saturated rings. The molecule has 192 valence electrons. The lowest BCUT2D eigenvalue weighted by Gasteiger charge is -2.23. The first-order valence-corrected chi connectivity index (χ1v) is 11.0. The number of carbonyl (C=O) groups excluding carboxylic acids is 3. The van der Waals surface area contributed by atoms with Gasteiger partial charge in [-0.2, -0.15) is 5.11 Å². The summed E-state index contributed by atoms with van der Waals surface area (Å²) >= 11 is 0. The summed E-state index contributed by atoms with van der Waals surface area (Å²) in [5.74, 6) is -3.10. The van der Waals surface area contributed by atoms with E-state index < -0.39 is 42.8 Å². The predicted molar refractivity (Wildman–Crippen MR) is 133 cm³/mol. The number of azo groups is 1. The van der Waals surface area contributed by atoms with Gasteiger partial charge < -0.3 is 26.2 Å². The van der Waals surface area contributed by atoms with Gasteiger partial charge in [-0.3, -0.25) is 23.7 Å². The summed E-state index contributed by atoms with van der Waals surface area (Å²) in [6.07, 6.45) is 0.0448. The summed E-state index contributed by atoms with van der Waals surface area (Å²) in [7, 11) is 6.13. The fourth-order valence-electron chi connectivity index (χ4n) is 3.07. The van der Waals surface area contributed by atoms with Crippen molar-refractivity contribution in [1.82, 2.24) is 20.4 Å². The van der Waals surface area contributed by atoms with Crippen molar-refractivity contribution in [2.75, 3.05) is 34.2 Å². The molecule has 3 amide bonds. The molecule has 0 unspecified atom stereocenters. The first kappa shape index (κ1) is 27.9. The van der Waals surface area contributed by atoms with Gasteiger partial charge in [0, 0.05) is 25.5 Å². The van der Waals surface area contributed by atoms with Crippen LogP contribution in [0.5, 0.6) is 5.75 Å². The molecule has 0 bridgehead atoms. The van der Waals surface area contributed by atoms with E-state index >= 15 is 0 Å². The standard InChI is InChI=1S/C24H30N6O6/c1-15(31)27-20(24(36)26-13-22(33)25-14-23(34)35)12-16-5-10-21(32)19(11-16)29-28-17-6-8-18(9-7-17)30(2,3)4/h5-11,20H,12-14H2,1-4H3,(H4-,25,26,27,28,31,32,33,34,35,36)/p+1/t20-/m0/s1. The zero-order valence-electron chi connectivity index (χ0n) is 20.6. The van der Waals surface area contributed by atoms with Crippen LogP contribution in [0.15, 0.2) is 52.7 Å². The lowest BCUT2D eigenvalue weighted by Crippen LogP contribution is -2.49. The molecule has 2 aromatic rings. The highest BCUT2D eigenvalue weighted by molar-refractivity contribution is 5.91. The van der Waals surface area contributed by atoms with E-state index in [0.717, 1.165) is 5.69 Å². The minimum Gasteiger partial charge on any atom is -0.506 e. The van der Waals surface area contributed by atoms with Crippen molar-refractivity contribution in [3.05, 3.63) is 48.0 Å². The number of aromatic hydroxyl groups is 1. The highest BCUT2D eigenvalue weighted by Crippen LogP contribution is 2.30. The molecule has 0 aliphatic rings. The molecule has 0 saturated carbocycles. The summed E-state index contributed by atoms with van der Waals surface area (Å²) in [4.78, 5) is 46.4. The first-order valence-electron chi connectivity index (χ1n) is 11.0. The molecular formula is C24H31N6O6+. The molecule has 0 aromatic heterocycles. The normalized spacial score (nSPS) is 12.1. The van der Waals surface area contributed by atoms with Crippen molar-refractivity contribution in [1.29, 1.82) is 0 Å². The van der Waals surface area contributed by atoms with Gasteiger partial charge in [0.05, 0.1) is 33.4 Å². The molecule has 0 spiro atoms. The van der Waals surface area contributed by atoms with Crippen LogP contribution in [0.25, 0.3) is 0 Å². The Balaban J connectivity index is 2.12. The number of carboxylic acid groups (broad SMARTS) is 1. The Morgan fingerprint density at radius 3 is 2.19 bits per heavy atom. The number of carboxylic acids is 1. The van der Waals surface area contributed by atoms with Gasteiger partial charge >= 0.3 is 5.97 Å². The van der Waals surface area contributed by atoms with Gasteiger partial charge in [0.2, 0.25) is 17.7 Å². The Bertz CT molecular complexity index is 1140. The van der Waals surface area contributed by atoms with E-state index in [-0.39, 0.29) is 17.9 Å². The Kier molecular flexibility index (Phi) is 9.62. The average molecular weight is 500 g/mol. The largest absolute Gasteiger partial charge is 0.506 e. The van der Waals surface area contributed by atoms with E-state index in [1.165, 1.54) is 13.0 Å². The summed E-state index contributed by atoms with van der Waals surface area (Å²) in [5.41, 5.74) is 2.43. The number of carbonyl (C=O) groups is 4. The fourth-order valence-corrected chi connectivity index (χ4v) is 3.07. The molecule has 2 rings (SSSR count). The highest BCUT2D eigenvalue weighted by atomic mass is 16.4. The quantitative estimate of drug-likeness (QED) is 0.231.